The Kier molecular flexibility index (Phi) is 4.44. The van der Waals surface area contributed by atoms with Crippen LogP contribution in [0.1, 0.15) is 36.8 Å². The molecule has 2 aromatic rings. The van der Waals surface area contributed by atoms with Crippen LogP contribution >= 0.6 is 0 Å². The van der Waals surface area contributed by atoms with Crippen molar-refractivity contribution in [2.45, 2.75) is 38.3 Å². The molecule has 0 saturated heterocycles. The van der Waals surface area contributed by atoms with Gasteiger partial charge in [-0.15, -0.1) is 0 Å². The molecule has 0 radical (unpaired) electrons. The van der Waals surface area contributed by atoms with Crippen LogP contribution in [-0.4, -0.2) is 33.5 Å². The van der Waals surface area contributed by atoms with E-state index < -0.39 is 10.6 Å². The molecule has 2 heterocycles. The Balaban J connectivity index is 1.80. The van der Waals surface area contributed by atoms with Crippen molar-refractivity contribution in [2.24, 2.45) is 0 Å². The topological polar surface area (TPSA) is 69.6 Å². The van der Waals surface area contributed by atoms with Crippen molar-refractivity contribution in [1.82, 2.24) is 0 Å². The first-order valence-corrected chi connectivity index (χ1v) is 9.44. The number of benzene rings is 2. The van der Waals surface area contributed by atoms with E-state index >= 15 is 0 Å². The van der Waals surface area contributed by atoms with Gasteiger partial charge in [-0.3, -0.25) is 14.7 Å². The molecule has 1 atom stereocenters. The third kappa shape index (κ3) is 3.10. The number of non-ortho nitro benzene ring substituents is 1. The fourth-order valence-electron chi connectivity index (χ4n) is 4.15. The highest BCUT2D eigenvalue weighted by molar-refractivity contribution is 5.97. The van der Waals surface area contributed by atoms with E-state index in [0.29, 0.717) is 12.1 Å². The van der Waals surface area contributed by atoms with Gasteiger partial charge in [0.05, 0.1) is 11.5 Å². The minimum absolute atomic E-state index is 0.0319. The summed E-state index contributed by atoms with van der Waals surface area (Å²) in [5.74, 6) is 1.14. The predicted octanol–water partition coefficient (Wildman–Crippen LogP) is 3.55. The average molecular weight is 366 g/mol. The quantitative estimate of drug-likeness (QED) is 0.512. The Morgan fingerprint density at radius 2 is 1.78 bits per heavy atom. The molecule has 0 bridgehead atoms. The largest absolute Gasteiger partial charge is 0.346 e. The maximum Gasteiger partial charge on any atom is 0.275 e. The van der Waals surface area contributed by atoms with Gasteiger partial charge in [0.1, 0.15) is 5.69 Å². The fraction of sp³-hybridized carbons (Fsp3) is 0.381. The lowest BCUT2D eigenvalue weighted by molar-refractivity contribution is -0.534. The van der Waals surface area contributed by atoms with Gasteiger partial charge >= 0.3 is 0 Å². The first-order valence-electron chi connectivity index (χ1n) is 9.44. The first-order chi connectivity index (χ1) is 13.0. The van der Waals surface area contributed by atoms with Crippen molar-refractivity contribution >= 4 is 17.2 Å². The average Bonchev–Trinajstić information content (AvgIpc) is 2.79. The van der Waals surface area contributed by atoms with Crippen LogP contribution in [0.2, 0.25) is 0 Å². The van der Waals surface area contributed by atoms with E-state index in [-0.39, 0.29) is 5.69 Å². The van der Waals surface area contributed by atoms with Gasteiger partial charge in [0.25, 0.3) is 17.2 Å². The zero-order valence-corrected chi connectivity index (χ0v) is 15.5. The molecule has 2 aromatic carbocycles. The van der Waals surface area contributed by atoms with Crippen molar-refractivity contribution in [3.8, 4) is 0 Å². The van der Waals surface area contributed by atoms with E-state index in [9.17, 15) is 15.2 Å². The Morgan fingerprint density at radius 1 is 1.07 bits per heavy atom. The van der Waals surface area contributed by atoms with Gasteiger partial charge in [-0.25, -0.2) is 0 Å². The standard InChI is InChI=1S/C21H24N3O3/c1-16-6-10-18(11-7-16)23-20-5-3-2-4-14-22(20)15-21(23,25)17-8-12-19(13-9-17)24(26)27/h6-13,25H,2-5,14-15H2,1H3/q+1. The van der Waals surface area contributed by atoms with Gasteiger partial charge in [0.2, 0.25) is 0 Å². The van der Waals surface area contributed by atoms with Crippen LogP contribution in [0.5, 0.6) is 0 Å². The summed E-state index contributed by atoms with van der Waals surface area (Å²) in [4.78, 5) is 12.6. The number of hydrogen-bond acceptors (Lipinski definition) is 4. The lowest BCUT2D eigenvalue weighted by atomic mass is 9.99. The Hall–Kier alpha value is -2.73. The number of anilines is 1. The summed E-state index contributed by atoms with van der Waals surface area (Å²) in [6.07, 6.45) is 4.33. The molecular weight excluding hydrogens is 342 g/mol. The summed E-state index contributed by atoms with van der Waals surface area (Å²) in [6, 6.07) is 14.4. The summed E-state index contributed by atoms with van der Waals surface area (Å²) in [5, 5.41) is 22.8. The molecule has 0 aliphatic carbocycles. The smallest absolute Gasteiger partial charge is 0.275 e. The summed E-state index contributed by atoms with van der Waals surface area (Å²) in [6.45, 7) is 3.43. The van der Waals surface area contributed by atoms with E-state index in [4.69, 9.17) is 0 Å². The minimum Gasteiger partial charge on any atom is -0.346 e. The van der Waals surface area contributed by atoms with Crippen LogP contribution < -0.4 is 4.90 Å². The number of hydrogen-bond donors (Lipinski definition) is 1. The van der Waals surface area contributed by atoms with Crippen molar-refractivity contribution in [3.63, 3.8) is 0 Å². The van der Waals surface area contributed by atoms with Crippen LogP contribution in [0.15, 0.2) is 48.5 Å². The van der Waals surface area contributed by atoms with Crippen LogP contribution in [-0.2, 0) is 5.72 Å². The molecule has 2 aliphatic heterocycles. The van der Waals surface area contributed by atoms with E-state index in [1.54, 1.807) is 12.1 Å². The predicted molar refractivity (Wildman–Crippen MR) is 104 cm³/mol. The second-order valence-corrected chi connectivity index (χ2v) is 7.44. The normalized spacial score (nSPS) is 22.5. The molecular formula is C21H24N3O3+. The second kappa shape index (κ2) is 6.78. The number of nitro groups is 1. The summed E-state index contributed by atoms with van der Waals surface area (Å²) >= 11 is 0. The first kappa shape index (κ1) is 17.7. The summed E-state index contributed by atoms with van der Waals surface area (Å²) in [7, 11) is 0. The summed E-state index contributed by atoms with van der Waals surface area (Å²) < 4.78 is 2.27. The molecule has 0 spiro atoms. The second-order valence-electron chi connectivity index (χ2n) is 7.44. The van der Waals surface area contributed by atoms with Crippen LogP contribution in [0.3, 0.4) is 0 Å². The van der Waals surface area contributed by atoms with Crippen LogP contribution in [0, 0.1) is 17.0 Å². The van der Waals surface area contributed by atoms with Crippen molar-refractivity contribution in [1.29, 1.82) is 0 Å². The lowest BCUT2D eigenvalue weighted by Crippen LogP contribution is -2.47. The van der Waals surface area contributed by atoms with E-state index in [1.165, 1.54) is 24.1 Å². The number of aliphatic hydroxyl groups is 1. The highest BCUT2D eigenvalue weighted by Crippen LogP contribution is 2.38. The zero-order chi connectivity index (χ0) is 19.0. The van der Waals surface area contributed by atoms with E-state index in [0.717, 1.165) is 37.3 Å². The van der Waals surface area contributed by atoms with E-state index in [1.807, 2.05) is 36.1 Å². The number of nitro benzene ring substituents is 1. The highest BCUT2D eigenvalue weighted by Gasteiger charge is 2.54. The third-order valence-corrected chi connectivity index (χ3v) is 5.57. The van der Waals surface area contributed by atoms with Gasteiger partial charge in [0.15, 0.2) is 6.54 Å². The van der Waals surface area contributed by atoms with Crippen LogP contribution in [0.25, 0.3) is 0 Å². The number of amidine groups is 1. The molecule has 0 saturated carbocycles. The van der Waals surface area contributed by atoms with Gasteiger partial charge in [-0.2, -0.15) is 4.90 Å². The van der Waals surface area contributed by atoms with Crippen LogP contribution in [0.4, 0.5) is 11.4 Å². The monoisotopic (exact) mass is 366 g/mol. The molecule has 27 heavy (non-hydrogen) atoms. The molecule has 4 rings (SSSR count). The molecule has 140 valence electrons. The molecule has 0 amide bonds. The van der Waals surface area contributed by atoms with Crippen molar-refractivity contribution in [3.05, 3.63) is 69.8 Å². The number of rotatable bonds is 3. The Labute approximate surface area is 158 Å². The van der Waals surface area contributed by atoms with Gasteiger partial charge in [-0.05, 0) is 50.5 Å². The lowest BCUT2D eigenvalue weighted by Gasteiger charge is -2.29. The Bertz CT molecular complexity index is 890. The maximum absolute atomic E-state index is 11.8. The third-order valence-electron chi connectivity index (χ3n) is 5.57. The molecule has 6 heteroatoms. The zero-order valence-electron chi connectivity index (χ0n) is 15.5. The summed E-state index contributed by atoms with van der Waals surface area (Å²) in [5.41, 5.74) is 1.58. The van der Waals surface area contributed by atoms with E-state index in [2.05, 4.69) is 4.58 Å². The number of nitrogens with zero attached hydrogens (tertiary/aromatic N) is 3. The molecule has 2 aliphatic rings. The van der Waals surface area contributed by atoms with Gasteiger partial charge < -0.3 is 5.11 Å². The van der Waals surface area contributed by atoms with Gasteiger partial charge in [-0.1, -0.05) is 17.7 Å². The van der Waals surface area contributed by atoms with Gasteiger partial charge in [0, 0.05) is 24.1 Å². The minimum atomic E-state index is -1.24. The Morgan fingerprint density at radius 3 is 2.44 bits per heavy atom. The molecule has 6 nitrogen and oxygen atoms in total. The fourth-order valence-corrected chi connectivity index (χ4v) is 4.15. The SMILES string of the molecule is Cc1ccc(N2C3=[N+](CCCCC3)CC2(O)c2ccc([N+](=O)[O-])cc2)cc1. The molecule has 1 N–H and O–H groups in total. The highest BCUT2D eigenvalue weighted by atomic mass is 16.6. The van der Waals surface area contributed by atoms with Crippen molar-refractivity contribution < 1.29 is 14.6 Å². The maximum atomic E-state index is 11.8. The molecule has 1 unspecified atom stereocenters. The number of aryl methyl sites for hydroxylation is 1. The molecule has 0 fully saturated rings. The van der Waals surface area contributed by atoms with Crippen molar-refractivity contribution in [2.75, 3.05) is 18.0 Å². The molecule has 0 aromatic heterocycles.